The Labute approximate surface area is 101 Å². The summed E-state index contributed by atoms with van der Waals surface area (Å²) in [6.45, 7) is 6.23. The molecule has 0 aliphatic heterocycles. The Bertz CT molecular complexity index is 449. The molecule has 90 valence electrons. The zero-order chi connectivity index (χ0) is 12.4. The molecular weight excluding hydrogens is 248 g/mol. The molecule has 0 fully saturated rings. The Morgan fingerprint density at radius 2 is 2.00 bits per heavy atom. The van der Waals surface area contributed by atoms with Crippen LogP contribution in [-0.2, 0) is 10.0 Å². The van der Waals surface area contributed by atoms with Gasteiger partial charge in [0.15, 0.2) is 0 Å². The van der Waals surface area contributed by atoms with Gasteiger partial charge in [0, 0.05) is 12.7 Å². The average molecular weight is 263 g/mol. The van der Waals surface area contributed by atoms with Gasteiger partial charge >= 0.3 is 0 Å². The number of hydrogen-bond donors (Lipinski definition) is 1. The van der Waals surface area contributed by atoms with Crippen LogP contribution in [0.25, 0.3) is 0 Å². The molecule has 1 aromatic rings. The third kappa shape index (κ3) is 4.08. The number of hydrogen-bond acceptors (Lipinski definition) is 3. The zero-order valence-electron chi connectivity index (χ0n) is 9.49. The maximum absolute atomic E-state index is 11.8. The van der Waals surface area contributed by atoms with Crippen molar-refractivity contribution in [2.45, 2.75) is 25.7 Å². The van der Waals surface area contributed by atoms with Gasteiger partial charge in [0.1, 0.15) is 10.0 Å². The molecule has 4 nitrogen and oxygen atoms in total. The number of rotatable bonds is 3. The van der Waals surface area contributed by atoms with E-state index >= 15 is 0 Å². The van der Waals surface area contributed by atoms with Gasteiger partial charge in [-0.1, -0.05) is 32.4 Å². The first-order valence-corrected chi connectivity index (χ1v) is 6.68. The van der Waals surface area contributed by atoms with E-state index < -0.39 is 10.0 Å². The van der Waals surface area contributed by atoms with Crippen molar-refractivity contribution in [2.75, 3.05) is 6.54 Å². The van der Waals surface area contributed by atoms with Crippen LogP contribution in [0.3, 0.4) is 0 Å². The predicted molar refractivity (Wildman–Crippen MR) is 63.9 cm³/mol. The molecule has 1 N–H and O–H groups in total. The number of halogens is 1. The minimum atomic E-state index is -3.48. The summed E-state index contributed by atoms with van der Waals surface area (Å²) >= 11 is 5.59. The molecule has 1 heterocycles. The fraction of sp³-hybridized carbons (Fsp3) is 0.500. The SMILES string of the molecule is CC(C)(C)CNS(=O)(=O)c1ccc(Cl)nc1. The van der Waals surface area contributed by atoms with E-state index in [4.69, 9.17) is 11.6 Å². The molecule has 6 heteroatoms. The van der Waals surface area contributed by atoms with Gasteiger partial charge in [-0.15, -0.1) is 0 Å². The number of aromatic nitrogens is 1. The summed E-state index contributed by atoms with van der Waals surface area (Å²) in [5.74, 6) is 0. The van der Waals surface area contributed by atoms with Crippen LogP contribution < -0.4 is 4.72 Å². The number of nitrogens with zero attached hydrogens (tertiary/aromatic N) is 1. The van der Waals surface area contributed by atoms with Crippen LogP contribution in [0.15, 0.2) is 23.2 Å². The molecule has 0 amide bonds. The van der Waals surface area contributed by atoms with E-state index in [0.29, 0.717) is 6.54 Å². The first-order valence-electron chi connectivity index (χ1n) is 4.82. The highest BCUT2D eigenvalue weighted by Crippen LogP contribution is 2.14. The molecule has 16 heavy (non-hydrogen) atoms. The second kappa shape index (κ2) is 4.69. The minimum Gasteiger partial charge on any atom is -0.243 e. The second-order valence-corrected chi connectivity index (χ2v) is 6.86. The largest absolute Gasteiger partial charge is 0.243 e. The Morgan fingerprint density at radius 3 is 2.44 bits per heavy atom. The highest BCUT2D eigenvalue weighted by atomic mass is 35.5. The molecule has 1 rings (SSSR count). The lowest BCUT2D eigenvalue weighted by Crippen LogP contribution is -2.32. The molecule has 0 aromatic carbocycles. The van der Waals surface area contributed by atoms with E-state index in [-0.39, 0.29) is 15.5 Å². The number of nitrogens with one attached hydrogen (secondary N) is 1. The van der Waals surface area contributed by atoms with Gasteiger partial charge in [0.2, 0.25) is 10.0 Å². The van der Waals surface area contributed by atoms with Crippen LogP contribution in [0.5, 0.6) is 0 Å². The van der Waals surface area contributed by atoms with E-state index in [2.05, 4.69) is 9.71 Å². The maximum atomic E-state index is 11.8. The van der Waals surface area contributed by atoms with Crippen LogP contribution in [0.1, 0.15) is 20.8 Å². The van der Waals surface area contributed by atoms with Gasteiger partial charge in [-0.2, -0.15) is 0 Å². The van der Waals surface area contributed by atoms with Gasteiger partial charge in [-0.3, -0.25) is 0 Å². The number of sulfonamides is 1. The maximum Gasteiger partial charge on any atom is 0.242 e. The molecule has 0 saturated carbocycles. The second-order valence-electron chi connectivity index (χ2n) is 4.70. The minimum absolute atomic E-state index is 0.104. The summed E-state index contributed by atoms with van der Waals surface area (Å²) < 4.78 is 26.1. The van der Waals surface area contributed by atoms with Crippen LogP contribution in [0, 0.1) is 5.41 Å². The normalized spacial score (nSPS) is 12.8. The smallest absolute Gasteiger partial charge is 0.242 e. The first kappa shape index (κ1) is 13.4. The fourth-order valence-electron chi connectivity index (χ4n) is 0.916. The Balaban J connectivity index is 2.83. The average Bonchev–Trinajstić information content (AvgIpc) is 2.15. The summed E-state index contributed by atoms with van der Waals surface area (Å²) in [7, 11) is -3.48. The Morgan fingerprint density at radius 1 is 1.38 bits per heavy atom. The lowest BCUT2D eigenvalue weighted by atomic mass is 9.98. The first-order chi connectivity index (χ1) is 7.21. The molecule has 1 aromatic heterocycles. The molecule has 0 atom stereocenters. The highest BCUT2D eigenvalue weighted by Gasteiger charge is 2.18. The van der Waals surface area contributed by atoms with Crippen LogP contribution >= 0.6 is 11.6 Å². The summed E-state index contributed by atoms with van der Waals surface area (Å²) in [5.41, 5.74) is -0.104. The Kier molecular flexibility index (Phi) is 3.93. The summed E-state index contributed by atoms with van der Waals surface area (Å²) in [4.78, 5) is 3.86. The van der Waals surface area contributed by atoms with Crippen molar-refractivity contribution >= 4 is 21.6 Å². The van der Waals surface area contributed by atoms with Crippen molar-refractivity contribution < 1.29 is 8.42 Å². The van der Waals surface area contributed by atoms with Crippen LogP contribution in [-0.4, -0.2) is 19.9 Å². The summed E-state index contributed by atoms with van der Waals surface area (Å²) in [5, 5.41) is 0.273. The van der Waals surface area contributed by atoms with E-state index in [9.17, 15) is 8.42 Å². The quantitative estimate of drug-likeness (QED) is 0.849. The number of pyridine rings is 1. The van der Waals surface area contributed by atoms with E-state index in [1.165, 1.54) is 18.3 Å². The molecule has 0 radical (unpaired) electrons. The van der Waals surface area contributed by atoms with Crippen molar-refractivity contribution in [3.8, 4) is 0 Å². The molecule has 0 spiro atoms. The van der Waals surface area contributed by atoms with Crippen molar-refractivity contribution in [1.82, 2.24) is 9.71 Å². The molecule has 0 saturated heterocycles. The lowest BCUT2D eigenvalue weighted by molar-refractivity contribution is 0.407. The van der Waals surface area contributed by atoms with Gasteiger partial charge in [0.25, 0.3) is 0 Å². The van der Waals surface area contributed by atoms with Crippen molar-refractivity contribution in [2.24, 2.45) is 5.41 Å². The Hall–Kier alpha value is -0.650. The van der Waals surface area contributed by atoms with Gasteiger partial charge in [0.05, 0.1) is 0 Å². The van der Waals surface area contributed by atoms with Gasteiger partial charge in [-0.25, -0.2) is 18.1 Å². The monoisotopic (exact) mass is 262 g/mol. The van der Waals surface area contributed by atoms with Gasteiger partial charge < -0.3 is 0 Å². The summed E-state index contributed by atoms with van der Waals surface area (Å²) in [6.07, 6.45) is 1.24. The van der Waals surface area contributed by atoms with Crippen molar-refractivity contribution in [3.05, 3.63) is 23.5 Å². The van der Waals surface area contributed by atoms with E-state index in [1.807, 2.05) is 20.8 Å². The highest BCUT2D eigenvalue weighted by molar-refractivity contribution is 7.89. The standard InChI is InChI=1S/C10H15ClN2O2S/c1-10(2,3)7-13-16(14,15)8-4-5-9(11)12-6-8/h4-6,13H,7H2,1-3H3. The topological polar surface area (TPSA) is 59.1 Å². The third-order valence-electron chi connectivity index (χ3n) is 1.80. The molecule has 0 aliphatic rings. The summed E-state index contributed by atoms with van der Waals surface area (Å²) in [6, 6.07) is 2.88. The predicted octanol–water partition coefficient (Wildman–Crippen LogP) is 2.06. The lowest BCUT2D eigenvalue weighted by Gasteiger charge is -2.18. The molecular formula is C10H15ClN2O2S. The van der Waals surface area contributed by atoms with Gasteiger partial charge in [-0.05, 0) is 17.5 Å². The van der Waals surface area contributed by atoms with Crippen molar-refractivity contribution in [1.29, 1.82) is 0 Å². The third-order valence-corrected chi connectivity index (χ3v) is 3.41. The molecule has 0 aliphatic carbocycles. The molecule has 0 unspecified atom stereocenters. The fourth-order valence-corrected chi connectivity index (χ4v) is 2.26. The van der Waals surface area contributed by atoms with E-state index in [1.54, 1.807) is 0 Å². The van der Waals surface area contributed by atoms with E-state index in [0.717, 1.165) is 0 Å². The van der Waals surface area contributed by atoms with Crippen LogP contribution in [0.2, 0.25) is 5.15 Å². The van der Waals surface area contributed by atoms with Crippen molar-refractivity contribution in [3.63, 3.8) is 0 Å². The molecule has 0 bridgehead atoms. The zero-order valence-corrected chi connectivity index (χ0v) is 11.1. The van der Waals surface area contributed by atoms with Crippen LogP contribution in [0.4, 0.5) is 0 Å².